The molecule has 0 bridgehead atoms. The minimum absolute atomic E-state index is 0.0212. The lowest BCUT2D eigenvalue weighted by atomic mass is 10.0. The Bertz CT molecular complexity index is 1220. The van der Waals surface area contributed by atoms with Crippen molar-refractivity contribution < 1.29 is 17.9 Å². The van der Waals surface area contributed by atoms with Crippen molar-refractivity contribution in [3.63, 3.8) is 0 Å². The van der Waals surface area contributed by atoms with Crippen LogP contribution in [0.5, 0.6) is 0 Å². The van der Waals surface area contributed by atoms with Crippen molar-refractivity contribution >= 4 is 15.9 Å². The van der Waals surface area contributed by atoms with Crippen LogP contribution >= 0.6 is 0 Å². The molecule has 1 amide bonds. The highest BCUT2D eigenvalue weighted by atomic mass is 32.2. The average Bonchev–Trinajstić information content (AvgIpc) is 2.83. The van der Waals surface area contributed by atoms with Gasteiger partial charge in [-0.25, -0.2) is 8.42 Å². The van der Waals surface area contributed by atoms with E-state index in [9.17, 15) is 13.2 Å². The van der Waals surface area contributed by atoms with Crippen molar-refractivity contribution in [2.45, 2.75) is 18.4 Å². The minimum atomic E-state index is -3.77. The summed E-state index contributed by atoms with van der Waals surface area (Å²) >= 11 is 0. The highest BCUT2D eigenvalue weighted by molar-refractivity contribution is 7.89. The third-order valence-corrected chi connectivity index (χ3v) is 7.41. The van der Waals surface area contributed by atoms with Crippen LogP contribution in [0.15, 0.2) is 77.7 Å². The van der Waals surface area contributed by atoms with E-state index >= 15 is 0 Å². The summed E-state index contributed by atoms with van der Waals surface area (Å²) < 4.78 is 32.8. The zero-order valence-corrected chi connectivity index (χ0v) is 18.8. The zero-order chi connectivity index (χ0) is 22.6. The van der Waals surface area contributed by atoms with Crippen molar-refractivity contribution in [2.24, 2.45) is 0 Å². The third-order valence-electron chi connectivity index (χ3n) is 5.45. The van der Waals surface area contributed by atoms with Crippen LogP contribution in [-0.2, 0) is 21.3 Å². The van der Waals surface area contributed by atoms with Crippen LogP contribution in [0.2, 0.25) is 0 Å². The number of sulfonamides is 1. The molecule has 3 aromatic rings. The molecule has 0 unspecified atom stereocenters. The lowest BCUT2D eigenvalue weighted by Gasteiger charge is -2.26. The standard InChI is InChI=1S/C25H26N2O4S/c1-19-6-4-8-21(16-19)22-9-5-7-20(17-22)18-26-25(28)23-10-2-3-11-24(23)32(29,30)27-12-14-31-15-13-27/h2-11,16-17H,12-15,18H2,1H3,(H,26,28). The molecule has 0 aromatic heterocycles. The average molecular weight is 451 g/mol. The fourth-order valence-corrected chi connectivity index (χ4v) is 5.37. The first-order valence-electron chi connectivity index (χ1n) is 10.6. The monoisotopic (exact) mass is 450 g/mol. The van der Waals surface area contributed by atoms with Crippen molar-refractivity contribution in [3.8, 4) is 11.1 Å². The number of carbonyl (C=O) groups is 1. The SMILES string of the molecule is Cc1cccc(-c2cccc(CNC(=O)c3ccccc3S(=O)(=O)N3CCOCC3)c2)c1. The number of morpholine rings is 1. The number of amides is 1. The van der Waals surface area contributed by atoms with Crippen LogP contribution in [-0.4, -0.2) is 44.9 Å². The Hall–Kier alpha value is -3.00. The summed E-state index contributed by atoms with van der Waals surface area (Å²) in [5, 5.41) is 2.87. The van der Waals surface area contributed by atoms with E-state index in [2.05, 4.69) is 30.4 Å². The van der Waals surface area contributed by atoms with Gasteiger partial charge in [0.1, 0.15) is 0 Å². The van der Waals surface area contributed by atoms with Crippen molar-refractivity contribution in [1.82, 2.24) is 9.62 Å². The van der Waals surface area contributed by atoms with Crippen molar-refractivity contribution in [3.05, 3.63) is 89.5 Å². The first-order valence-corrected chi connectivity index (χ1v) is 12.0. The lowest BCUT2D eigenvalue weighted by Crippen LogP contribution is -2.41. The van der Waals surface area contributed by atoms with E-state index in [0.29, 0.717) is 19.8 Å². The number of carbonyl (C=O) groups excluding carboxylic acids is 1. The molecule has 0 spiro atoms. The van der Waals surface area contributed by atoms with Gasteiger partial charge in [0, 0.05) is 19.6 Å². The summed E-state index contributed by atoms with van der Waals surface area (Å²) in [4.78, 5) is 13.0. The number of ether oxygens (including phenoxy) is 1. The molecule has 0 radical (unpaired) electrons. The number of hydrogen-bond donors (Lipinski definition) is 1. The van der Waals surface area contributed by atoms with Crippen LogP contribution in [0.3, 0.4) is 0 Å². The number of rotatable bonds is 6. The Morgan fingerprint density at radius 1 is 0.938 bits per heavy atom. The molecule has 1 fully saturated rings. The maximum Gasteiger partial charge on any atom is 0.252 e. The van der Waals surface area contributed by atoms with Crippen LogP contribution in [0.4, 0.5) is 0 Å². The summed E-state index contributed by atoms with van der Waals surface area (Å²) in [5.74, 6) is -0.418. The Morgan fingerprint density at radius 2 is 1.62 bits per heavy atom. The summed E-state index contributed by atoms with van der Waals surface area (Å²) in [7, 11) is -3.77. The van der Waals surface area contributed by atoms with Gasteiger partial charge in [-0.05, 0) is 41.8 Å². The highest BCUT2D eigenvalue weighted by Gasteiger charge is 2.30. The number of benzene rings is 3. The molecule has 1 N–H and O–H groups in total. The fourth-order valence-electron chi connectivity index (χ4n) is 3.77. The van der Waals surface area contributed by atoms with Gasteiger partial charge in [0.2, 0.25) is 10.0 Å². The second kappa shape index (κ2) is 9.65. The number of aryl methyl sites for hydroxylation is 1. The maximum atomic E-state index is 13.1. The number of nitrogens with zero attached hydrogens (tertiary/aromatic N) is 1. The Morgan fingerprint density at radius 3 is 2.38 bits per heavy atom. The van der Waals surface area contributed by atoms with Gasteiger partial charge in [-0.15, -0.1) is 0 Å². The molecule has 1 aliphatic rings. The van der Waals surface area contributed by atoms with E-state index in [0.717, 1.165) is 16.7 Å². The van der Waals surface area contributed by atoms with Crippen molar-refractivity contribution in [1.29, 1.82) is 0 Å². The summed E-state index contributed by atoms with van der Waals surface area (Å²) in [6.07, 6.45) is 0. The molecule has 0 atom stereocenters. The summed E-state index contributed by atoms with van der Waals surface area (Å²) in [5.41, 5.74) is 4.44. The normalized spacial score (nSPS) is 14.8. The van der Waals surface area contributed by atoms with Gasteiger partial charge >= 0.3 is 0 Å². The van der Waals surface area contributed by atoms with Gasteiger partial charge in [0.05, 0.1) is 23.7 Å². The van der Waals surface area contributed by atoms with E-state index < -0.39 is 15.9 Å². The lowest BCUT2D eigenvalue weighted by molar-refractivity contribution is 0.0730. The largest absolute Gasteiger partial charge is 0.379 e. The molecular weight excluding hydrogens is 424 g/mol. The highest BCUT2D eigenvalue weighted by Crippen LogP contribution is 2.23. The van der Waals surface area contributed by atoms with Crippen LogP contribution in [0.1, 0.15) is 21.5 Å². The molecule has 32 heavy (non-hydrogen) atoms. The maximum absolute atomic E-state index is 13.1. The topological polar surface area (TPSA) is 75.7 Å². The molecular formula is C25H26N2O4S. The molecule has 166 valence electrons. The predicted molar refractivity (Wildman–Crippen MR) is 124 cm³/mol. The van der Waals surface area contributed by atoms with E-state index in [1.54, 1.807) is 18.2 Å². The van der Waals surface area contributed by atoms with Crippen LogP contribution in [0.25, 0.3) is 11.1 Å². The first kappa shape index (κ1) is 22.2. The smallest absolute Gasteiger partial charge is 0.252 e. The summed E-state index contributed by atoms with van der Waals surface area (Å²) in [6.45, 7) is 3.62. The second-order valence-corrected chi connectivity index (χ2v) is 9.67. The Balaban J connectivity index is 1.52. The van der Waals surface area contributed by atoms with Gasteiger partial charge < -0.3 is 10.1 Å². The van der Waals surface area contributed by atoms with Gasteiger partial charge in [0.15, 0.2) is 0 Å². The Kier molecular flexibility index (Phi) is 6.69. The van der Waals surface area contributed by atoms with E-state index in [1.165, 1.54) is 15.9 Å². The molecule has 6 nitrogen and oxygen atoms in total. The molecule has 3 aromatic carbocycles. The van der Waals surface area contributed by atoms with Crippen molar-refractivity contribution in [2.75, 3.05) is 26.3 Å². The number of nitrogens with one attached hydrogen (secondary N) is 1. The first-order chi connectivity index (χ1) is 15.4. The molecule has 1 saturated heterocycles. The second-order valence-electron chi connectivity index (χ2n) is 7.77. The minimum Gasteiger partial charge on any atom is -0.379 e. The van der Waals surface area contributed by atoms with Crippen LogP contribution < -0.4 is 5.32 Å². The molecule has 0 aliphatic carbocycles. The molecule has 4 rings (SSSR count). The third kappa shape index (κ3) is 4.91. The molecule has 1 heterocycles. The van der Waals surface area contributed by atoms with E-state index in [4.69, 9.17) is 4.74 Å². The zero-order valence-electron chi connectivity index (χ0n) is 18.0. The van der Waals surface area contributed by atoms with E-state index in [-0.39, 0.29) is 23.5 Å². The molecule has 1 aliphatic heterocycles. The predicted octanol–water partition coefficient (Wildman–Crippen LogP) is 3.61. The Labute approximate surface area is 188 Å². The fraction of sp³-hybridized carbons (Fsp3) is 0.240. The van der Waals surface area contributed by atoms with Gasteiger partial charge in [-0.3, -0.25) is 4.79 Å². The van der Waals surface area contributed by atoms with Gasteiger partial charge in [-0.1, -0.05) is 60.2 Å². The van der Waals surface area contributed by atoms with Gasteiger partial charge in [-0.2, -0.15) is 4.31 Å². The molecule has 0 saturated carbocycles. The quantitative estimate of drug-likeness (QED) is 0.623. The van der Waals surface area contributed by atoms with E-state index in [1.807, 2.05) is 30.3 Å². The number of hydrogen-bond acceptors (Lipinski definition) is 4. The van der Waals surface area contributed by atoms with Crippen LogP contribution in [0, 0.1) is 6.92 Å². The summed E-state index contributed by atoms with van der Waals surface area (Å²) in [6, 6.07) is 22.5. The molecule has 7 heteroatoms. The van der Waals surface area contributed by atoms with Gasteiger partial charge in [0.25, 0.3) is 5.91 Å².